The van der Waals surface area contributed by atoms with Gasteiger partial charge in [0.25, 0.3) is 11.8 Å². The first-order valence-electron chi connectivity index (χ1n) is 17.9. The van der Waals surface area contributed by atoms with Crippen LogP contribution in [-0.2, 0) is 41.8 Å². The molecule has 5 N–H and O–H groups in total. The monoisotopic (exact) mass is 746 g/mol. The molecule has 0 atom stereocenters. The minimum absolute atomic E-state index is 0.0674. The van der Waals surface area contributed by atoms with Crippen molar-refractivity contribution in [3.05, 3.63) is 137 Å². The Morgan fingerprint density at radius 2 is 1.51 bits per heavy atom. The van der Waals surface area contributed by atoms with Crippen LogP contribution in [0.5, 0.6) is 0 Å². The van der Waals surface area contributed by atoms with Gasteiger partial charge in [-0.2, -0.15) is 0 Å². The minimum Gasteiger partial charge on any atom is -0.342 e. The van der Waals surface area contributed by atoms with E-state index in [1.54, 1.807) is 41.4 Å². The van der Waals surface area contributed by atoms with Crippen LogP contribution in [0.4, 0.5) is 4.39 Å². The second-order valence-corrected chi connectivity index (χ2v) is 14.3. The highest BCUT2D eigenvalue weighted by molar-refractivity contribution is 5.92. The molecule has 13 heteroatoms. The van der Waals surface area contributed by atoms with Crippen LogP contribution < -0.4 is 11.0 Å². The first kappa shape index (κ1) is 40.2. The molecule has 0 fully saturated rings. The van der Waals surface area contributed by atoms with E-state index in [1.165, 1.54) is 29.8 Å². The summed E-state index contributed by atoms with van der Waals surface area (Å²) in [7, 11) is 4.19. The molecule has 286 valence electrons. The Morgan fingerprint density at radius 3 is 2.16 bits per heavy atom. The van der Waals surface area contributed by atoms with E-state index in [0.29, 0.717) is 0 Å². The Bertz CT molecular complexity index is 2260. The number of rotatable bonds is 14. The SMILES string of the molecule is CN(C)CC(C)(C)Cn1c(CCc2cccnc2)nc2cc(/C=C/C(=O)NO)ccc21.O=C(/C=C/c1ccc2nc(CCc3ccc(F)cc3)[nH]c2c1)NO. The van der Waals surface area contributed by atoms with Gasteiger partial charge in [0.1, 0.15) is 17.5 Å². The van der Waals surface area contributed by atoms with Gasteiger partial charge in [-0.05, 0) is 109 Å². The average molecular weight is 747 g/mol. The number of nitrogens with zero attached hydrogens (tertiary/aromatic N) is 5. The lowest BCUT2D eigenvalue weighted by Crippen LogP contribution is -2.32. The predicted molar refractivity (Wildman–Crippen MR) is 212 cm³/mol. The van der Waals surface area contributed by atoms with Crippen molar-refractivity contribution in [2.24, 2.45) is 5.41 Å². The molecule has 12 nitrogen and oxygen atoms in total. The van der Waals surface area contributed by atoms with Crippen LogP contribution in [-0.4, -0.2) is 72.3 Å². The van der Waals surface area contributed by atoms with E-state index in [0.717, 1.165) is 89.2 Å². The number of benzene rings is 3. The average Bonchev–Trinajstić information content (AvgIpc) is 3.74. The highest BCUT2D eigenvalue weighted by Crippen LogP contribution is 2.26. The van der Waals surface area contributed by atoms with E-state index < -0.39 is 11.8 Å². The van der Waals surface area contributed by atoms with Gasteiger partial charge in [-0.1, -0.05) is 44.2 Å². The van der Waals surface area contributed by atoms with Gasteiger partial charge in [-0.15, -0.1) is 0 Å². The van der Waals surface area contributed by atoms with Crippen molar-refractivity contribution in [3.63, 3.8) is 0 Å². The predicted octanol–water partition coefficient (Wildman–Crippen LogP) is 6.33. The number of aromatic nitrogens is 5. The smallest absolute Gasteiger partial charge is 0.267 e. The van der Waals surface area contributed by atoms with Gasteiger partial charge in [0.15, 0.2) is 0 Å². The Hall–Kier alpha value is -6.02. The van der Waals surface area contributed by atoms with Gasteiger partial charge < -0.3 is 14.5 Å². The van der Waals surface area contributed by atoms with Crippen LogP contribution in [0.2, 0.25) is 0 Å². The van der Waals surface area contributed by atoms with Gasteiger partial charge >= 0.3 is 0 Å². The van der Waals surface area contributed by atoms with Crippen LogP contribution in [0.1, 0.15) is 47.8 Å². The van der Waals surface area contributed by atoms with Gasteiger partial charge in [0, 0.05) is 50.5 Å². The number of amides is 2. The molecule has 2 amide bonds. The van der Waals surface area contributed by atoms with Crippen molar-refractivity contribution < 1.29 is 24.4 Å². The number of H-pyrrole nitrogens is 1. The molecular formula is C42H47FN8O4. The summed E-state index contributed by atoms with van der Waals surface area (Å²) in [5.41, 5.74) is 10.8. The second-order valence-electron chi connectivity index (χ2n) is 14.3. The summed E-state index contributed by atoms with van der Waals surface area (Å²) in [5, 5.41) is 17.1. The molecule has 0 saturated carbocycles. The summed E-state index contributed by atoms with van der Waals surface area (Å²) in [6, 6.07) is 22.1. The van der Waals surface area contributed by atoms with Crippen molar-refractivity contribution >= 4 is 46.0 Å². The van der Waals surface area contributed by atoms with E-state index in [1.807, 2.05) is 42.6 Å². The number of hydroxylamine groups is 2. The number of halogens is 1. The van der Waals surface area contributed by atoms with E-state index in [4.69, 9.17) is 15.4 Å². The zero-order chi connectivity index (χ0) is 39.4. The van der Waals surface area contributed by atoms with E-state index in [-0.39, 0.29) is 11.2 Å². The van der Waals surface area contributed by atoms with Gasteiger partial charge in [0.05, 0.1) is 22.1 Å². The second kappa shape index (κ2) is 18.8. The molecule has 0 spiro atoms. The third kappa shape index (κ3) is 12.0. The lowest BCUT2D eigenvalue weighted by molar-refractivity contribution is -0.124. The molecule has 0 aliphatic rings. The molecular weight excluding hydrogens is 700 g/mol. The zero-order valence-electron chi connectivity index (χ0n) is 31.5. The van der Waals surface area contributed by atoms with Crippen molar-refractivity contribution in [1.82, 2.24) is 40.4 Å². The fourth-order valence-electron chi connectivity index (χ4n) is 6.44. The zero-order valence-corrected chi connectivity index (χ0v) is 31.5. The van der Waals surface area contributed by atoms with Crippen molar-refractivity contribution in [1.29, 1.82) is 0 Å². The summed E-state index contributed by atoms with van der Waals surface area (Å²) < 4.78 is 15.2. The van der Waals surface area contributed by atoms with Crippen LogP contribution in [0, 0.1) is 11.2 Å². The fourth-order valence-corrected chi connectivity index (χ4v) is 6.44. The molecule has 6 aromatic rings. The molecule has 55 heavy (non-hydrogen) atoms. The molecule has 0 radical (unpaired) electrons. The summed E-state index contributed by atoms with van der Waals surface area (Å²) in [4.78, 5) is 41.4. The number of carbonyl (C=O) groups excluding carboxylic acids is 2. The lowest BCUT2D eigenvalue weighted by Gasteiger charge is -2.29. The first-order valence-corrected chi connectivity index (χ1v) is 17.9. The Balaban J connectivity index is 0.000000218. The largest absolute Gasteiger partial charge is 0.342 e. The molecule has 0 saturated heterocycles. The standard InChI is InChI=1S/C24H31N5O2.C18H16FN3O2/c1-24(2,16-28(3)4)17-29-21-10-7-18(9-12-23(30)27-31)14-20(21)26-22(29)11-8-19-6-5-13-25-15-19;19-14-6-1-12(2-7-14)4-9-17-20-15-8-3-13(11-16(15)21-17)5-10-18(23)22-24/h5-7,9-10,12-15,31H,8,11,16-17H2,1-4H3,(H,27,30);1-3,5-8,10-11,24H,4,9H2,(H,20,21)(H,22,23)/b12-9+;10-5+. The maximum atomic E-state index is 12.9. The number of hydrogen-bond acceptors (Lipinski definition) is 8. The lowest BCUT2D eigenvalue weighted by atomic mass is 9.92. The molecule has 0 bridgehead atoms. The van der Waals surface area contributed by atoms with E-state index in [2.05, 4.69) is 64.5 Å². The Morgan fingerprint density at radius 1 is 0.836 bits per heavy atom. The molecule has 0 aliphatic carbocycles. The van der Waals surface area contributed by atoms with Gasteiger partial charge in [-0.3, -0.25) is 25.0 Å². The summed E-state index contributed by atoms with van der Waals surface area (Å²) in [6.45, 7) is 6.36. The van der Waals surface area contributed by atoms with Crippen LogP contribution in [0.3, 0.4) is 0 Å². The first-order chi connectivity index (χ1) is 26.4. The van der Waals surface area contributed by atoms with E-state index >= 15 is 0 Å². The molecule has 3 aromatic heterocycles. The number of imidazole rings is 2. The van der Waals surface area contributed by atoms with Crippen molar-refractivity contribution in [2.75, 3.05) is 20.6 Å². The minimum atomic E-state index is -0.584. The number of nitrogens with one attached hydrogen (secondary N) is 3. The molecule has 6 rings (SSSR count). The van der Waals surface area contributed by atoms with Crippen molar-refractivity contribution in [3.8, 4) is 0 Å². The highest BCUT2D eigenvalue weighted by Gasteiger charge is 2.23. The van der Waals surface area contributed by atoms with Crippen LogP contribution in [0.25, 0.3) is 34.2 Å². The number of aryl methyl sites for hydroxylation is 4. The normalized spacial score (nSPS) is 11.8. The van der Waals surface area contributed by atoms with Crippen LogP contribution >= 0.6 is 0 Å². The molecule has 0 aliphatic heterocycles. The topological polar surface area (TPSA) is 161 Å². The third-order valence-electron chi connectivity index (χ3n) is 8.74. The van der Waals surface area contributed by atoms with Crippen LogP contribution in [0.15, 0.2) is 97.3 Å². The number of fused-ring (bicyclic) bond motifs is 2. The number of pyridine rings is 1. The Labute approximate surface area is 319 Å². The molecule has 0 unspecified atom stereocenters. The fraction of sp³-hybridized carbons (Fsp3) is 0.262. The van der Waals surface area contributed by atoms with Crippen molar-refractivity contribution in [2.45, 2.75) is 46.1 Å². The van der Waals surface area contributed by atoms with Gasteiger partial charge in [-0.25, -0.2) is 25.3 Å². The maximum absolute atomic E-state index is 12.9. The number of aromatic amines is 1. The third-order valence-corrected chi connectivity index (χ3v) is 8.74. The molecule has 3 heterocycles. The summed E-state index contributed by atoms with van der Waals surface area (Å²) in [6.07, 6.45) is 12.7. The number of carbonyl (C=O) groups is 2. The van der Waals surface area contributed by atoms with E-state index in [9.17, 15) is 14.0 Å². The maximum Gasteiger partial charge on any atom is 0.267 e. The summed E-state index contributed by atoms with van der Waals surface area (Å²) in [5.74, 6) is 0.509. The Kier molecular flexibility index (Phi) is 13.8. The number of hydrogen-bond donors (Lipinski definition) is 5. The quantitative estimate of drug-likeness (QED) is 0.0491. The highest BCUT2D eigenvalue weighted by atomic mass is 19.1. The molecule has 3 aromatic carbocycles. The summed E-state index contributed by atoms with van der Waals surface area (Å²) >= 11 is 0. The van der Waals surface area contributed by atoms with Gasteiger partial charge in [0.2, 0.25) is 0 Å².